The van der Waals surface area contributed by atoms with Gasteiger partial charge in [0, 0.05) is 23.9 Å². The van der Waals surface area contributed by atoms with Crippen LogP contribution in [0.2, 0.25) is 30.8 Å². The molecule has 0 spiro atoms. The molecule has 0 aromatic carbocycles. The number of ether oxygens (including phenoxy) is 1. The van der Waals surface area contributed by atoms with Crippen LogP contribution < -0.4 is 5.32 Å². The van der Waals surface area contributed by atoms with Gasteiger partial charge >= 0.3 is 0 Å². The Labute approximate surface area is 175 Å². The first-order valence-corrected chi connectivity index (χ1v) is 14.5. The third kappa shape index (κ3) is 4.98. The van der Waals surface area contributed by atoms with Gasteiger partial charge in [-0.1, -0.05) is 31.2 Å². The van der Waals surface area contributed by atoms with E-state index in [0.29, 0.717) is 17.8 Å². The Hall–Kier alpha value is -0.223. The van der Waals surface area contributed by atoms with Crippen LogP contribution in [0.25, 0.3) is 11.0 Å². The van der Waals surface area contributed by atoms with Crippen LogP contribution in [0, 0.1) is 9.49 Å². The number of fused-ring (bicyclic) bond motifs is 1. The lowest BCUT2D eigenvalue weighted by Gasteiger charge is -2.23. The zero-order valence-electron chi connectivity index (χ0n) is 15.8. The molecule has 144 valence electrons. The van der Waals surface area contributed by atoms with E-state index in [4.69, 9.17) is 16.3 Å². The van der Waals surface area contributed by atoms with Crippen molar-refractivity contribution in [3.63, 3.8) is 0 Å². The fourth-order valence-electron chi connectivity index (χ4n) is 3.38. The minimum Gasteiger partial charge on any atom is -0.361 e. The molecule has 1 fully saturated rings. The van der Waals surface area contributed by atoms with Gasteiger partial charge in [-0.25, -0.2) is 9.97 Å². The number of aromatic nitrogens is 3. The summed E-state index contributed by atoms with van der Waals surface area (Å²) in [6.45, 7) is 10.7. The molecule has 0 aliphatic carbocycles. The maximum Gasteiger partial charge on any atom is 0.148 e. The fraction of sp³-hybridized carbons (Fsp3) is 0.667. The maximum absolute atomic E-state index is 6.39. The van der Waals surface area contributed by atoms with Crippen LogP contribution in [0.5, 0.6) is 0 Å². The Morgan fingerprint density at radius 1 is 1.38 bits per heavy atom. The number of nitrogens with one attached hydrogen (secondary N) is 1. The van der Waals surface area contributed by atoms with E-state index in [1.807, 2.05) is 0 Å². The van der Waals surface area contributed by atoms with Crippen LogP contribution in [0.15, 0.2) is 6.33 Å². The van der Waals surface area contributed by atoms with Crippen LogP contribution >= 0.6 is 34.2 Å². The van der Waals surface area contributed by atoms with E-state index in [-0.39, 0.29) is 0 Å². The van der Waals surface area contributed by atoms with Crippen molar-refractivity contribution in [2.45, 2.75) is 51.7 Å². The van der Waals surface area contributed by atoms with Crippen LogP contribution in [0.1, 0.15) is 18.5 Å². The standard InChI is InChI=1S/C18H28ClIN4OSi/c1-26(2,3)8-7-25-12-24-14(9-13-5-4-6-21-10-13)16(20)15-17(19)22-11-23-18(15)24/h11,13,21H,4-10,12H2,1-3H3/t13-/m1/s1. The van der Waals surface area contributed by atoms with E-state index in [9.17, 15) is 0 Å². The molecule has 1 aliphatic rings. The van der Waals surface area contributed by atoms with Gasteiger partial charge < -0.3 is 14.6 Å². The van der Waals surface area contributed by atoms with E-state index in [0.717, 1.165) is 37.2 Å². The molecule has 1 saturated heterocycles. The van der Waals surface area contributed by atoms with E-state index in [1.54, 1.807) is 6.33 Å². The van der Waals surface area contributed by atoms with Crippen molar-refractivity contribution in [3.8, 4) is 0 Å². The summed E-state index contributed by atoms with van der Waals surface area (Å²) in [5, 5.41) is 5.01. The lowest BCUT2D eigenvalue weighted by atomic mass is 9.94. The molecule has 0 radical (unpaired) electrons. The first-order chi connectivity index (χ1) is 12.4. The molecule has 1 N–H and O–H groups in total. The number of halogens is 2. The monoisotopic (exact) mass is 506 g/mol. The first kappa shape index (κ1) is 20.5. The van der Waals surface area contributed by atoms with Crippen molar-refractivity contribution in [1.82, 2.24) is 19.9 Å². The molecule has 8 heteroatoms. The summed E-state index contributed by atoms with van der Waals surface area (Å²) in [7, 11) is -1.09. The van der Waals surface area contributed by atoms with Gasteiger partial charge in [0.25, 0.3) is 0 Å². The van der Waals surface area contributed by atoms with E-state index in [2.05, 4.69) is 62.1 Å². The van der Waals surface area contributed by atoms with Gasteiger partial charge in [-0.05, 0) is 66.9 Å². The Morgan fingerprint density at radius 2 is 2.19 bits per heavy atom. The highest BCUT2D eigenvalue weighted by molar-refractivity contribution is 14.1. The summed E-state index contributed by atoms with van der Waals surface area (Å²) >= 11 is 8.80. The molecule has 0 unspecified atom stereocenters. The highest BCUT2D eigenvalue weighted by atomic mass is 127. The summed E-state index contributed by atoms with van der Waals surface area (Å²) < 4.78 is 9.44. The Balaban J connectivity index is 1.85. The number of piperidine rings is 1. The van der Waals surface area contributed by atoms with Gasteiger partial charge in [-0.15, -0.1) is 0 Å². The van der Waals surface area contributed by atoms with Crippen molar-refractivity contribution in [3.05, 3.63) is 20.7 Å². The van der Waals surface area contributed by atoms with Crippen LogP contribution in [0.3, 0.4) is 0 Å². The second kappa shape index (κ2) is 8.85. The number of hydrogen-bond donors (Lipinski definition) is 1. The van der Waals surface area contributed by atoms with Gasteiger partial charge in [0.2, 0.25) is 0 Å². The first-order valence-electron chi connectivity index (χ1n) is 9.32. The summed E-state index contributed by atoms with van der Waals surface area (Å²) in [5.74, 6) is 0.647. The van der Waals surface area contributed by atoms with Gasteiger partial charge in [0.1, 0.15) is 23.9 Å². The molecule has 1 atom stereocenters. The molecule has 26 heavy (non-hydrogen) atoms. The molecule has 2 aromatic heterocycles. The molecule has 0 amide bonds. The van der Waals surface area contributed by atoms with E-state index in [1.165, 1.54) is 28.1 Å². The molecule has 5 nitrogen and oxygen atoms in total. The van der Waals surface area contributed by atoms with Crippen molar-refractivity contribution >= 4 is 53.3 Å². The minimum absolute atomic E-state index is 0.531. The minimum atomic E-state index is -1.09. The molecule has 0 bridgehead atoms. The number of hydrogen-bond acceptors (Lipinski definition) is 4. The maximum atomic E-state index is 6.39. The molecule has 3 heterocycles. The van der Waals surface area contributed by atoms with Gasteiger partial charge in [-0.2, -0.15) is 0 Å². The quantitative estimate of drug-likeness (QED) is 0.259. The third-order valence-electron chi connectivity index (χ3n) is 4.93. The van der Waals surface area contributed by atoms with Gasteiger partial charge in [0.15, 0.2) is 0 Å². The summed E-state index contributed by atoms with van der Waals surface area (Å²) in [6.07, 6.45) is 5.08. The summed E-state index contributed by atoms with van der Waals surface area (Å²) in [5.41, 5.74) is 2.17. The summed E-state index contributed by atoms with van der Waals surface area (Å²) in [4.78, 5) is 8.71. The Kier molecular flexibility index (Phi) is 6.98. The summed E-state index contributed by atoms with van der Waals surface area (Å²) in [6, 6.07) is 1.17. The topological polar surface area (TPSA) is 52.0 Å². The Bertz CT molecular complexity index is 756. The van der Waals surface area contributed by atoms with Gasteiger partial charge in [-0.3, -0.25) is 0 Å². The molecule has 2 aromatic rings. The van der Waals surface area contributed by atoms with Crippen molar-refractivity contribution in [1.29, 1.82) is 0 Å². The molecular weight excluding hydrogens is 479 g/mol. The van der Waals surface area contributed by atoms with Crippen molar-refractivity contribution in [2.24, 2.45) is 5.92 Å². The molecule has 1 aliphatic heterocycles. The zero-order chi connectivity index (χ0) is 18.7. The predicted molar refractivity (Wildman–Crippen MR) is 119 cm³/mol. The average Bonchev–Trinajstić information content (AvgIpc) is 2.85. The van der Waals surface area contributed by atoms with Crippen molar-refractivity contribution < 1.29 is 4.74 Å². The number of nitrogens with zero attached hydrogens (tertiary/aromatic N) is 3. The van der Waals surface area contributed by atoms with E-state index < -0.39 is 8.07 Å². The van der Waals surface area contributed by atoms with Crippen LogP contribution in [-0.4, -0.2) is 42.3 Å². The smallest absolute Gasteiger partial charge is 0.148 e. The molecule has 0 saturated carbocycles. The highest BCUT2D eigenvalue weighted by Crippen LogP contribution is 2.33. The highest BCUT2D eigenvalue weighted by Gasteiger charge is 2.23. The SMILES string of the molecule is C[Si](C)(C)CCOCn1c(C[C@H]2CCCNC2)c(I)c2c(Cl)ncnc21. The Morgan fingerprint density at radius 3 is 2.88 bits per heavy atom. The lowest BCUT2D eigenvalue weighted by Crippen LogP contribution is -2.31. The largest absolute Gasteiger partial charge is 0.361 e. The van der Waals surface area contributed by atoms with E-state index >= 15 is 0 Å². The molecular formula is C18H28ClIN4OSi. The molecule has 3 rings (SSSR count). The van der Waals surface area contributed by atoms with Crippen molar-refractivity contribution in [2.75, 3.05) is 19.7 Å². The van der Waals surface area contributed by atoms with Crippen LogP contribution in [-0.2, 0) is 17.9 Å². The average molecular weight is 507 g/mol. The third-order valence-corrected chi connectivity index (χ3v) is 8.09. The predicted octanol–water partition coefficient (Wildman–Crippen LogP) is 4.54. The lowest BCUT2D eigenvalue weighted by molar-refractivity contribution is 0.0874. The fourth-order valence-corrected chi connectivity index (χ4v) is 5.53. The van der Waals surface area contributed by atoms with Gasteiger partial charge in [0.05, 0.1) is 5.39 Å². The van der Waals surface area contributed by atoms with Crippen LogP contribution in [0.4, 0.5) is 0 Å². The zero-order valence-corrected chi connectivity index (χ0v) is 19.7. The normalized spacial score (nSPS) is 18.6. The second-order valence-electron chi connectivity index (χ2n) is 8.32. The second-order valence-corrected chi connectivity index (χ2v) is 15.4. The number of rotatable bonds is 7.